The number of aromatic nitrogens is 7. The molecule has 5 rings (SSSR count). The second-order valence-corrected chi connectivity index (χ2v) is 12.5. The molecule has 1 aliphatic carbocycles. The van der Waals surface area contributed by atoms with E-state index in [0.29, 0.717) is 28.5 Å². The van der Waals surface area contributed by atoms with E-state index in [4.69, 9.17) is 4.98 Å². The monoisotopic (exact) mass is 618 g/mol. The molecule has 0 saturated heterocycles. The highest BCUT2D eigenvalue weighted by Gasteiger charge is 2.30. The van der Waals surface area contributed by atoms with Crippen LogP contribution in [0.4, 0.5) is 5.82 Å². The van der Waals surface area contributed by atoms with Crippen LogP contribution in [0.25, 0.3) is 22.6 Å². The van der Waals surface area contributed by atoms with Gasteiger partial charge >= 0.3 is 0 Å². The number of alkyl halides is 1. The Kier molecular flexibility index (Phi) is 6.44. The van der Waals surface area contributed by atoms with Gasteiger partial charge in [-0.15, -0.1) is 0 Å². The summed E-state index contributed by atoms with van der Waals surface area (Å²) in [7, 11) is -3.38. The summed E-state index contributed by atoms with van der Waals surface area (Å²) in [5.74, 6) is 1.01. The third kappa shape index (κ3) is 4.81. The molecule has 1 saturated carbocycles. The molecule has 4 heterocycles. The molecule has 0 unspecified atom stereocenters. The molecule has 36 heavy (non-hydrogen) atoms. The molecule has 0 aromatic carbocycles. The number of rotatable bonds is 7. The van der Waals surface area contributed by atoms with Gasteiger partial charge in [0.2, 0.25) is 0 Å². The number of nitrogens with one attached hydrogen (secondary N) is 1. The lowest BCUT2D eigenvalue weighted by molar-refractivity contribution is 0.598. The number of nitrogens with zero attached hydrogens (tertiary/aromatic N) is 7. The van der Waals surface area contributed by atoms with Crippen molar-refractivity contribution in [2.24, 2.45) is 0 Å². The van der Waals surface area contributed by atoms with Crippen LogP contribution >= 0.6 is 22.6 Å². The van der Waals surface area contributed by atoms with Crippen molar-refractivity contribution >= 4 is 49.4 Å². The van der Waals surface area contributed by atoms with Gasteiger partial charge in [0, 0.05) is 24.9 Å². The topological polar surface area (TPSA) is 146 Å². The fraction of sp³-hybridized carbons (Fsp3) is 0.348. The maximum Gasteiger partial charge on any atom is 0.295 e. The largest absolute Gasteiger partial charge is 0.361 e. The molecule has 0 spiro atoms. The Morgan fingerprint density at radius 1 is 1.14 bits per heavy atom. The van der Waals surface area contributed by atoms with Crippen molar-refractivity contribution in [1.29, 1.82) is 0 Å². The van der Waals surface area contributed by atoms with Crippen LogP contribution in [-0.4, -0.2) is 49.1 Å². The number of anilines is 1. The second kappa shape index (κ2) is 9.42. The summed E-state index contributed by atoms with van der Waals surface area (Å²) in [6, 6.07) is 3.08. The summed E-state index contributed by atoms with van der Waals surface area (Å²) in [4.78, 5) is 40.0. The average molecular weight is 618 g/mol. The lowest BCUT2D eigenvalue weighted by atomic mass is 10.1. The smallest absolute Gasteiger partial charge is 0.295 e. The number of hydrogen-bond acceptors (Lipinski definition) is 10. The molecule has 4 aromatic rings. The normalized spacial score (nSPS) is 14.7. The van der Waals surface area contributed by atoms with Gasteiger partial charge < -0.3 is 5.32 Å². The van der Waals surface area contributed by atoms with Gasteiger partial charge in [0.05, 0.1) is 27.2 Å². The molecule has 1 atom stereocenters. The summed E-state index contributed by atoms with van der Waals surface area (Å²) in [5.41, 5.74) is 3.84. The Bertz CT molecular complexity index is 1630. The van der Waals surface area contributed by atoms with Gasteiger partial charge in [-0.1, -0.05) is 28.7 Å². The molecule has 0 aliphatic heterocycles. The van der Waals surface area contributed by atoms with Crippen LogP contribution in [-0.2, 0) is 16.4 Å². The number of sulfone groups is 1. The van der Waals surface area contributed by atoms with E-state index in [2.05, 4.69) is 52.8 Å². The van der Waals surface area contributed by atoms with Crippen LogP contribution in [0.5, 0.6) is 0 Å². The summed E-state index contributed by atoms with van der Waals surface area (Å²) >= 11 is 2.17. The van der Waals surface area contributed by atoms with Crippen LogP contribution in [0.3, 0.4) is 0 Å². The number of fused-ring (bicyclic) bond motifs is 1. The van der Waals surface area contributed by atoms with Crippen molar-refractivity contribution in [2.45, 2.75) is 48.2 Å². The predicted molar refractivity (Wildman–Crippen MR) is 143 cm³/mol. The Labute approximate surface area is 220 Å². The van der Waals surface area contributed by atoms with E-state index < -0.39 is 9.84 Å². The Morgan fingerprint density at radius 2 is 1.92 bits per heavy atom. The highest BCUT2D eigenvalue weighted by atomic mass is 127. The molecule has 0 bridgehead atoms. The van der Waals surface area contributed by atoms with Crippen LogP contribution in [0, 0.1) is 6.92 Å². The zero-order valence-electron chi connectivity index (χ0n) is 19.8. The van der Waals surface area contributed by atoms with Crippen molar-refractivity contribution in [3.05, 3.63) is 58.2 Å². The van der Waals surface area contributed by atoms with Crippen molar-refractivity contribution in [2.75, 3.05) is 11.6 Å². The van der Waals surface area contributed by atoms with E-state index >= 15 is 0 Å². The Balaban J connectivity index is 1.53. The summed E-state index contributed by atoms with van der Waals surface area (Å²) in [6.07, 6.45) is 7.90. The summed E-state index contributed by atoms with van der Waals surface area (Å²) < 4.78 is 24.6. The van der Waals surface area contributed by atoms with Crippen LogP contribution < -0.4 is 10.9 Å². The molecule has 11 nitrogen and oxygen atoms in total. The van der Waals surface area contributed by atoms with E-state index in [1.807, 2.05) is 13.8 Å². The number of halogens is 1. The molecular weight excluding hydrogens is 595 g/mol. The molecule has 1 aliphatic rings. The van der Waals surface area contributed by atoms with Gasteiger partial charge in [0.25, 0.3) is 5.56 Å². The van der Waals surface area contributed by atoms with Gasteiger partial charge in [-0.05, 0) is 38.3 Å². The maximum atomic E-state index is 13.4. The van der Waals surface area contributed by atoms with Crippen LogP contribution in [0.15, 0.2) is 40.7 Å². The lowest BCUT2D eigenvalue weighted by Crippen LogP contribution is -2.27. The molecular formula is C23H23IN8O3S. The second-order valence-electron chi connectivity index (χ2n) is 8.74. The number of hydrogen-bond donors (Lipinski definition) is 1. The summed E-state index contributed by atoms with van der Waals surface area (Å²) in [5, 5.41) is 3.04. The summed E-state index contributed by atoms with van der Waals surface area (Å²) in [6.45, 7) is 4.05. The molecule has 0 radical (unpaired) electrons. The standard InChI is InChI=1S/C23H23IN8O3S/c1-12-18(19(15-5-6-15)29-11-28-12)20-27-10-16-22(31-20)32(13(2)24)23(33)21(30-16)26-9-14-4-7-17(25-8-14)36(3,34)35/h4,7-8,10-11,13,15H,5-6,9H2,1-3H3,(H,26,30)/t13-/m1/s1. The fourth-order valence-electron chi connectivity index (χ4n) is 3.92. The van der Waals surface area contributed by atoms with Crippen molar-refractivity contribution in [3.63, 3.8) is 0 Å². The number of aryl methyl sites for hydroxylation is 1. The molecule has 1 fully saturated rings. The molecule has 1 N–H and O–H groups in total. The third-order valence-electron chi connectivity index (χ3n) is 5.88. The Morgan fingerprint density at radius 3 is 2.56 bits per heavy atom. The first-order valence-corrected chi connectivity index (χ1v) is 14.4. The molecule has 4 aromatic heterocycles. The molecule has 0 amide bonds. The minimum Gasteiger partial charge on any atom is -0.361 e. The fourth-order valence-corrected chi connectivity index (χ4v) is 5.00. The zero-order chi connectivity index (χ0) is 25.6. The van der Waals surface area contributed by atoms with Gasteiger partial charge in [-0.25, -0.2) is 38.3 Å². The van der Waals surface area contributed by atoms with Gasteiger partial charge in [0.1, 0.15) is 11.8 Å². The third-order valence-corrected chi connectivity index (χ3v) is 7.44. The first kappa shape index (κ1) is 24.6. The van der Waals surface area contributed by atoms with Gasteiger partial charge in [-0.2, -0.15) is 0 Å². The molecule has 186 valence electrons. The lowest BCUT2D eigenvalue weighted by Gasteiger charge is -2.16. The first-order valence-electron chi connectivity index (χ1n) is 11.3. The Hall–Kier alpha value is -3.07. The first-order chi connectivity index (χ1) is 17.1. The quantitative estimate of drug-likeness (QED) is 0.242. The average Bonchev–Trinajstić information content (AvgIpc) is 3.67. The van der Waals surface area contributed by atoms with E-state index in [-0.39, 0.29) is 27.0 Å². The predicted octanol–water partition coefficient (Wildman–Crippen LogP) is 3.19. The zero-order valence-corrected chi connectivity index (χ0v) is 22.8. The van der Waals surface area contributed by atoms with Gasteiger partial charge in [0.15, 0.2) is 32.2 Å². The van der Waals surface area contributed by atoms with E-state index in [1.54, 1.807) is 23.2 Å². The van der Waals surface area contributed by atoms with Crippen molar-refractivity contribution in [1.82, 2.24) is 34.5 Å². The minimum absolute atomic E-state index is 0.00646. The van der Waals surface area contributed by atoms with Crippen LogP contribution in [0.2, 0.25) is 0 Å². The van der Waals surface area contributed by atoms with Crippen molar-refractivity contribution in [3.8, 4) is 11.4 Å². The van der Waals surface area contributed by atoms with E-state index in [9.17, 15) is 13.2 Å². The maximum absolute atomic E-state index is 13.4. The van der Waals surface area contributed by atoms with Crippen LogP contribution in [0.1, 0.15) is 46.7 Å². The van der Waals surface area contributed by atoms with Crippen molar-refractivity contribution < 1.29 is 8.42 Å². The minimum atomic E-state index is -3.38. The van der Waals surface area contributed by atoms with E-state index in [0.717, 1.165) is 36.0 Å². The molecule has 13 heteroatoms. The highest BCUT2D eigenvalue weighted by molar-refractivity contribution is 14.1. The highest BCUT2D eigenvalue weighted by Crippen LogP contribution is 2.43. The van der Waals surface area contributed by atoms with Gasteiger partial charge in [-0.3, -0.25) is 9.36 Å². The SMILES string of the molecule is Cc1ncnc(C2CC2)c1-c1ncc2nc(NCc3ccc(S(C)(=O)=O)nc3)c(=O)n([C@H](C)I)c2n1. The van der Waals surface area contributed by atoms with E-state index in [1.165, 1.54) is 12.3 Å². The number of pyridine rings is 1.